The first kappa shape index (κ1) is 20.4. The monoisotopic (exact) mass is 427 g/mol. The molecule has 30 heavy (non-hydrogen) atoms. The molecule has 1 spiro atoms. The van der Waals surface area contributed by atoms with E-state index in [9.17, 15) is 31.1 Å². The lowest BCUT2D eigenvalue weighted by molar-refractivity contribution is -0.148. The molecule has 0 saturated carbocycles. The first-order valence-electron chi connectivity index (χ1n) is 9.07. The second-order valence-electron chi connectivity index (χ2n) is 7.33. The van der Waals surface area contributed by atoms with Gasteiger partial charge in [-0.2, -0.15) is 31.3 Å². The van der Waals surface area contributed by atoms with E-state index in [0.717, 1.165) is 25.1 Å². The summed E-state index contributed by atoms with van der Waals surface area (Å²) in [4.78, 5) is 21.2. The Hall–Kier alpha value is -2.91. The summed E-state index contributed by atoms with van der Waals surface area (Å²) >= 11 is 0. The number of fused-ring (bicyclic) bond motifs is 4. The zero-order valence-corrected chi connectivity index (χ0v) is 15.5. The zero-order valence-electron chi connectivity index (χ0n) is 15.5. The van der Waals surface area contributed by atoms with Crippen molar-refractivity contribution in [3.8, 4) is 0 Å². The van der Waals surface area contributed by atoms with E-state index in [1.54, 1.807) is 12.1 Å². The molecule has 0 fully saturated rings. The Labute approximate surface area is 167 Å². The fraction of sp³-hybridized carbons (Fsp3) is 0.350. The number of amides is 1. The number of hydrogen-bond donors (Lipinski definition) is 1. The standard InChI is InChI=1S/C20H15F6N3O/c1-10(19(21,22)23)28-16-12-5-4-11(20(24,25)26)9-14(12)18(17(30)29-16)7-6-15-13(18)3-2-8-27-15/h2-5,8-10H,6-7H2,1H3,(H,28,29,30). The van der Waals surface area contributed by atoms with Gasteiger partial charge in [-0.3, -0.25) is 9.78 Å². The summed E-state index contributed by atoms with van der Waals surface area (Å²) in [7, 11) is 0. The number of aromatic nitrogens is 1. The van der Waals surface area contributed by atoms with Crippen LogP contribution in [0.25, 0.3) is 0 Å². The number of hydrogen-bond acceptors (Lipinski definition) is 3. The number of carbonyl (C=O) groups is 1. The topological polar surface area (TPSA) is 54.4 Å². The predicted octanol–water partition coefficient (Wildman–Crippen LogP) is 4.16. The third-order valence-electron chi connectivity index (χ3n) is 5.57. The maximum Gasteiger partial charge on any atom is 0.416 e. The van der Waals surface area contributed by atoms with Crippen LogP contribution in [0.2, 0.25) is 0 Å². The van der Waals surface area contributed by atoms with E-state index in [0.29, 0.717) is 17.7 Å². The van der Waals surface area contributed by atoms with Gasteiger partial charge in [0.25, 0.3) is 5.91 Å². The highest BCUT2D eigenvalue weighted by Crippen LogP contribution is 2.48. The van der Waals surface area contributed by atoms with E-state index < -0.39 is 41.1 Å². The molecule has 1 amide bonds. The van der Waals surface area contributed by atoms with Gasteiger partial charge in [0.15, 0.2) is 0 Å². The van der Waals surface area contributed by atoms with Crippen LogP contribution in [-0.4, -0.2) is 28.9 Å². The van der Waals surface area contributed by atoms with Crippen molar-refractivity contribution in [1.29, 1.82) is 0 Å². The van der Waals surface area contributed by atoms with Crippen LogP contribution in [0.4, 0.5) is 26.3 Å². The van der Waals surface area contributed by atoms with Gasteiger partial charge in [-0.1, -0.05) is 12.1 Å². The Kier molecular flexibility index (Phi) is 4.44. The maximum absolute atomic E-state index is 13.4. The number of alkyl halides is 6. The Morgan fingerprint density at radius 3 is 2.50 bits per heavy atom. The van der Waals surface area contributed by atoms with Gasteiger partial charge in [0.05, 0.1) is 5.56 Å². The van der Waals surface area contributed by atoms with E-state index >= 15 is 0 Å². The highest BCUT2D eigenvalue weighted by atomic mass is 19.4. The van der Waals surface area contributed by atoms with Crippen LogP contribution in [0.3, 0.4) is 0 Å². The Morgan fingerprint density at radius 1 is 1.10 bits per heavy atom. The Balaban J connectivity index is 1.93. The van der Waals surface area contributed by atoms with Crippen LogP contribution >= 0.6 is 0 Å². The van der Waals surface area contributed by atoms with Gasteiger partial charge in [-0.15, -0.1) is 0 Å². The number of aryl methyl sites for hydroxylation is 1. The van der Waals surface area contributed by atoms with E-state index in [2.05, 4.69) is 15.3 Å². The summed E-state index contributed by atoms with van der Waals surface area (Å²) < 4.78 is 79.3. The van der Waals surface area contributed by atoms with Gasteiger partial charge < -0.3 is 5.32 Å². The molecule has 1 aliphatic carbocycles. The van der Waals surface area contributed by atoms with E-state index in [4.69, 9.17) is 0 Å². The maximum atomic E-state index is 13.4. The van der Waals surface area contributed by atoms with Crippen molar-refractivity contribution in [1.82, 2.24) is 10.3 Å². The lowest BCUT2D eigenvalue weighted by Crippen LogP contribution is -2.48. The van der Waals surface area contributed by atoms with Crippen LogP contribution in [0.5, 0.6) is 0 Å². The normalized spacial score (nSPS) is 21.8. The van der Waals surface area contributed by atoms with Gasteiger partial charge in [-0.25, -0.2) is 0 Å². The van der Waals surface area contributed by atoms with Crippen LogP contribution < -0.4 is 5.32 Å². The molecule has 0 saturated heterocycles. The largest absolute Gasteiger partial charge is 0.416 e. The number of rotatable bonds is 1. The molecule has 1 aromatic heterocycles. The zero-order chi connectivity index (χ0) is 21.9. The van der Waals surface area contributed by atoms with Crippen LogP contribution in [-0.2, 0) is 22.8 Å². The van der Waals surface area contributed by atoms with Crippen molar-refractivity contribution in [3.05, 3.63) is 64.5 Å². The number of aliphatic imine (C=N–C) groups is 1. The van der Waals surface area contributed by atoms with E-state index in [1.807, 2.05) is 0 Å². The summed E-state index contributed by atoms with van der Waals surface area (Å²) in [6, 6.07) is 3.79. The molecule has 4 nitrogen and oxygen atoms in total. The smallest absolute Gasteiger partial charge is 0.358 e. The lowest BCUT2D eigenvalue weighted by atomic mass is 9.71. The third kappa shape index (κ3) is 3.05. The first-order chi connectivity index (χ1) is 13.9. The number of nitrogens with zero attached hydrogens (tertiary/aromatic N) is 2. The molecule has 0 bridgehead atoms. The quantitative estimate of drug-likeness (QED) is 0.696. The molecule has 2 heterocycles. The number of carbonyl (C=O) groups excluding carboxylic acids is 1. The molecule has 2 aromatic rings. The number of halogens is 6. The summed E-state index contributed by atoms with van der Waals surface area (Å²) in [6.07, 6.45) is -7.32. The molecule has 1 aliphatic heterocycles. The SMILES string of the molecule is CC(NC1=NC(=O)C2(CCc3ncccc32)c2cc(C(F)(F)F)ccc21)C(F)(F)F. The van der Waals surface area contributed by atoms with Gasteiger partial charge in [0, 0.05) is 17.5 Å². The van der Waals surface area contributed by atoms with E-state index in [-0.39, 0.29) is 17.5 Å². The van der Waals surface area contributed by atoms with E-state index in [1.165, 1.54) is 6.20 Å². The molecule has 10 heteroatoms. The van der Waals surface area contributed by atoms with Crippen molar-refractivity contribution in [3.63, 3.8) is 0 Å². The predicted molar refractivity (Wildman–Crippen MR) is 95.0 cm³/mol. The highest BCUT2D eigenvalue weighted by molar-refractivity contribution is 6.14. The first-order valence-corrected chi connectivity index (χ1v) is 9.07. The summed E-state index contributed by atoms with van der Waals surface area (Å²) in [6.45, 7) is 0.843. The molecule has 158 valence electrons. The molecule has 2 unspecified atom stereocenters. The second-order valence-corrected chi connectivity index (χ2v) is 7.33. The minimum atomic E-state index is -4.68. The Bertz CT molecular complexity index is 1060. The van der Waals surface area contributed by atoms with Crippen LogP contribution in [0.15, 0.2) is 41.5 Å². The number of benzene rings is 1. The molecule has 1 aromatic carbocycles. The molecule has 2 aliphatic rings. The van der Waals surface area contributed by atoms with Crippen molar-refractivity contribution in [2.75, 3.05) is 0 Å². The van der Waals surface area contributed by atoms with Crippen molar-refractivity contribution >= 4 is 11.7 Å². The lowest BCUT2D eigenvalue weighted by Gasteiger charge is -2.35. The molecule has 1 N–H and O–H groups in total. The van der Waals surface area contributed by atoms with Crippen LogP contribution in [0.1, 0.15) is 41.3 Å². The van der Waals surface area contributed by atoms with Gasteiger partial charge in [-0.05, 0) is 49.1 Å². The third-order valence-corrected chi connectivity index (χ3v) is 5.57. The van der Waals surface area contributed by atoms with Crippen LogP contribution in [0, 0.1) is 0 Å². The average Bonchev–Trinajstić information content (AvgIpc) is 3.05. The van der Waals surface area contributed by atoms with Crippen molar-refractivity contribution in [2.24, 2.45) is 4.99 Å². The fourth-order valence-corrected chi connectivity index (χ4v) is 4.02. The Morgan fingerprint density at radius 2 is 1.83 bits per heavy atom. The molecular formula is C20H15F6N3O. The minimum absolute atomic E-state index is 0.0130. The average molecular weight is 427 g/mol. The summed E-state index contributed by atoms with van der Waals surface area (Å²) in [5.74, 6) is -1.20. The fourth-order valence-electron chi connectivity index (χ4n) is 4.02. The molecule has 0 radical (unpaired) electrons. The second kappa shape index (κ2) is 6.55. The minimum Gasteiger partial charge on any atom is -0.358 e. The highest BCUT2D eigenvalue weighted by Gasteiger charge is 2.52. The molecule has 2 atom stereocenters. The molecule has 4 rings (SSSR count). The summed E-state index contributed by atoms with van der Waals surface area (Å²) in [5.41, 5.74) is -1.48. The molecular weight excluding hydrogens is 412 g/mol. The number of amidine groups is 1. The van der Waals surface area contributed by atoms with Crippen molar-refractivity contribution < 1.29 is 31.1 Å². The van der Waals surface area contributed by atoms with Gasteiger partial charge in [0.2, 0.25) is 0 Å². The summed E-state index contributed by atoms with van der Waals surface area (Å²) in [5, 5.41) is 2.14. The number of nitrogens with one attached hydrogen (secondary N) is 1. The van der Waals surface area contributed by atoms with Crippen molar-refractivity contribution in [2.45, 2.75) is 43.6 Å². The van der Waals surface area contributed by atoms with Gasteiger partial charge in [0.1, 0.15) is 17.3 Å². The number of pyridine rings is 1. The van der Waals surface area contributed by atoms with Gasteiger partial charge >= 0.3 is 12.4 Å².